The Hall–Kier alpha value is -3.69. The van der Waals surface area contributed by atoms with Gasteiger partial charge in [-0.3, -0.25) is 25.0 Å². The van der Waals surface area contributed by atoms with Crippen LogP contribution in [0.15, 0.2) is 60.7 Å². The Balaban J connectivity index is 1.60. The van der Waals surface area contributed by atoms with Crippen LogP contribution < -0.4 is 10.1 Å². The fraction of sp³-hybridized carbons (Fsp3) is 0.0952. The number of carbonyl (C=O) groups excluding carboxylic acids is 1. The number of hydrogen-bond acceptors (Lipinski definition) is 6. The number of carbonyl (C=O) groups is 1. The van der Waals surface area contributed by atoms with Crippen LogP contribution in [0.3, 0.4) is 0 Å². The number of aryl methyl sites for hydroxylation is 1. The number of nitrogens with zero attached hydrogens (tertiary/aromatic N) is 2. The molecule has 3 aromatic rings. The summed E-state index contributed by atoms with van der Waals surface area (Å²) in [6.07, 6.45) is 0.674. The molecule has 0 heterocycles. The highest BCUT2D eigenvalue weighted by Gasteiger charge is 2.17. The van der Waals surface area contributed by atoms with Crippen molar-refractivity contribution in [3.05, 3.63) is 96.5 Å². The van der Waals surface area contributed by atoms with E-state index in [2.05, 4.69) is 5.32 Å². The quantitative estimate of drug-likeness (QED) is 0.306. The smallest absolute Gasteiger partial charge is 0.280 e. The van der Waals surface area contributed by atoms with Crippen LogP contribution in [0, 0.1) is 20.2 Å². The van der Waals surface area contributed by atoms with E-state index in [0.29, 0.717) is 27.9 Å². The summed E-state index contributed by atoms with van der Waals surface area (Å²) in [5.74, 6) is 0.107. The van der Waals surface area contributed by atoms with Gasteiger partial charge in [-0.2, -0.15) is 0 Å². The first-order chi connectivity index (χ1) is 15.2. The molecule has 0 unspecified atom stereocenters. The summed E-state index contributed by atoms with van der Waals surface area (Å²) in [7, 11) is 0. The number of non-ortho nitro benzene ring substituents is 2. The maximum atomic E-state index is 12.1. The van der Waals surface area contributed by atoms with E-state index in [-0.39, 0.29) is 18.1 Å². The second-order valence-electron chi connectivity index (χ2n) is 6.62. The standard InChI is InChI=1S/C21H15Cl2N3O6/c22-19-7-4-14(9-20(19)23)24-21(27)8-3-13-1-5-17(6-2-13)32-18-11-15(25(28)29)10-16(12-18)26(30)31/h1-2,4-7,9-12H,3,8H2,(H,24,27). The summed E-state index contributed by atoms with van der Waals surface area (Å²) >= 11 is 11.8. The summed E-state index contributed by atoms with van der Waals surface area (Å²) in [5, 5.41) is 25.4. The lowest BCUT2D eigenvalue weighted by atomic mass is 10.1. The highest BCUT2D eigenvalue weighted by molar-refractivity contribution is 6.42. The molecule has 0 spiro atoms. The van der Waals surface area contributed by atoms with Crippen LogP contribution >= 0.6 is 23.2 Å². The van der Waals surface area contributed by atoms with Crippen molar-refractivity contribution in [2.75, 3.05) is 5.32 Å². The number of rotatable bonds is 8. The summed E-state index contributed by atoms with van der Waals surface area (Å²) in [5.41, 5.74) is 0.503. The zero-order valence-corrected chi connectivity index (χ0v) is 17.8. The molecule has 1 N–H and O–H groups in total. The van der Waals surface area contributed by atoms with Gasteiger partial charge in [0.25, 0.3) is 11.4 Å². The predicted octanol–water partition coefficient (Wildman–Crippen LogP) is 6.17. The molecule has 3 aromatic carbocycles. The molecule has 3 rings (SSSR count). The number of nitro benzene ring substituents is 2. The molecule has 0 fully saturated rings. The Bertz CT molecular complexity index is 1150. The van der Waals surface area contributed by atoms with E-state index in [1.807, 2.05) is 0 Å². The largest absolute Gasteiger partial charge is 0.457 e. The predicted molar refractivity (Wildman–Crippen MR) is 120 cm³/mol. The van der Waals surface area contributed by atoms with Crippen molar-refractivity contribution in [3.8, 4) is 11.5 Å². The molecule has 11 heteroatoms. The molecule has 0 atom stereocenters. The molecule has 0 aromatic heterocycles. The molecule has 0 aliphatic rings. The fourth-order valence-corrected chi connectivity index (χ4v) is 3.05. The van der Waals surface area contributed by atoms with E-state index in [0.717, 1.165) is 23.8 Å². The Morgan fingerprint density at radius 1 is 0.844 bits per heavy atom. The number of nitrogens with one attached hydrogen (secondary N) is 1. The number of anilines is 1. The Labute approximate surface area is 191 Å². The minimum absolute atomic E-state index is 0.0281. The number of nitro groups is 2. The van der Waals surface area contributed by atoms with Gasteiger partial charge in [-0.1, -0.05) is 35.3 Å². The summed E-state index contributed by atoms with van der Waals surface area (Å²) in [6.45, 7) is 0. The molecule has 9 nitrogen and oxygen atoms in total. The second-order valence-corrected chi connectivity index (χ2v) is 7.44. The molecular formula is C21H15Cl2N3O6. The van der Waals surface area contributed by atoms with E-state index >= 15 is 0 Å². The molecular weight excluding hydrogens is 461 g/mol. The number of hydrogen-bond donors (Lipinski definition) is 1. The van der Waals surface area contributed by atoms with Crippen LogP contribution in [-0.2, 0) is 11.2 Å². The van der Waals surface area contributed by atoms with Crippen LogP contribution in [0.25, 0.3) is 0 Å². The van der Waals surface area contributed by atoms with Gasteiger partial charge in [0.15, 0.2) is 0 Å². The van der Waals surface area contributed by atoms with E-state index in [1.54, 1.807) is 42.5 Å². The van der Waals surface area contributed by atoms with Crippen molar-refractivity contribution in [1.29, 1.82) is 0 Å². The third-order valence-corrected chi connectivity index (χ3v) is 5.04. The lowest BCUT2D eigenvalue weighted by Crippen LogP contribution is -2.12. The Morgan fingerprint density at radius 3 is 2.03 bits per heavy atom. The van der Waals surface area contributed by atoms with Crippen molar-refractivity contribution < 1.29 is 19.4 Å². The van der Waals surface area contributed by atoms with Crippen molar-refractivity contribution in [2.24, 2.45) is 0 Å². The molecule has 0 radical (unpaired) electrons. The van der Waals surface area contributed by atoms with Crippen molar-refractivity contribution in [3.63, 3.8) is 0 Å². The summed E-state index contributed by atoms with van der Waals surface area (Å²) < 4.78 is 5.53. The molecule has 1 amide bonds. The van der Waals surface area contributed by atoms with Crippen LogP contribution in [0.1, 0.15) is 12.0 Å². The van der Waals surface area contributed by atoms with Gasteiger partial charge >= 0.3 is 0 Å². The van der Waals surface area contributed by atoms with Crippen LogP contribution in [0.2, 0.25) is 10.0 Å². The second kappa shape index (κ2) is 10.1. The van der Waals surface area contributed by atoms with Crippen molar-refractivity contribution in [2.45, 2.75) is 12.8 Å². The number of ether oxygens (including phenoxy) is 1. The molecule has 0 saturated carbocycles. The van der Waals surface area contributed by atoms with Crippen molar-refractivity contribution in [1.82, 2.24) is 0 Å². The van der Waals surface area contributed by atoms with Gasteiger partial charge in [0, 0.05) is 12.1 Å². The summed E-state index contributed by atoms with van der Waals surface area (Å²) in [4.78, 5) is 32.6. The van der Waals surface area contributed by atoms with E-state index in [4.69, 9.17) is 27.9 Å². The molecule has 0 bridgehead atoms. The lowest BCUT2D eigenvalue weighted by Gasteiger charge is -2.08. The highest BCUT2D eigenvalue weighted by atomic mass is 35.5. The first-order valence-corrected chi connectivity index (χ1v) is 9.92. The van der Waals surface area contributed by atoms with E-state index in [1.165, 1.54) is 0 Å². The fourth-order valence-electron chi connectivity index (χ4n) is 2.75. The maximum absolute atomic E-state index is 12.1. The Kier molecular flexibility index (Phi) is 7.24. The first kappa shape index (κ1) is 23.0. The minimum Gasteiger partial charge on any atom is -0.457 e. The molecule has 0 aliphatic heterocycles. The van der Waals surface area contributed by atoms with Gasteiger partial charge in [0.05, 0.1) is 38.1 Å². The maximum Gasteiger partial charge on any atom is 0.280 e. The summed E-state index contributed by atoms with van der Waals surface area (Å²) in [6, 6.07) is 14.5. The third kappa shape index (κ3) is 6.16. The molecule has 164 valence electrons. The zero-order valence-electron chi connectivity index (χ0n) is 16.3. The van der Waals surface area contributed by atoms with Gasteiger partial charge in [0.1, 0.15) is 11.5 Å². The van der Waals surface area contributed by atoms with E-state index < -0.39 is 21.2 Å². The monoisotopic (exact) mass is 475 g/mol. The molecule has 0 aliphatic carbocycles. The average molecular weight is 476 g/mol. The van der Waals surface area contributed by atoms with Gasteiger partial charge in [-0.25, -0.2) is 0 Å². The van der Waals surface area contributed by atoms with Crippen molar-refractivity contribution >= 4 is 46.2 Å². The van der Waals surface area contributed by atoms with Gasteiger partial charge in [0.2, 0.25) is 5.91 Å². The van der Waals surface area contributed by atoms with Gasteiger partial charge in [-0.05, 0) is 42.3 Å². The zero-order chi connectivity index (χ0) is 23.3. The van der Waals surface area contributed by atoms with Crippen LogP contribution in [0.4, 0.5) is 17.1 Å². The lowest BCUT2D eigenvalue weighted by molar-refractivity contribution is -0.394. The number of halogens is 2. The molecule has 32 heavy (non-hydrogen) atoms. The topological polar surface area (TPSA) is 125 Å². The third-order valence-electron chi connectivity index (χ3n) is 4.30. The van der Waals surface area contributed by atoms with Gasteiger partial charge < -0.3 is 10.1 Å². The average Bonchev–Trinajstić information content (AvgIpc) is 2.75. The minimum atomic E-state index is -0.730. The van der Waals surface area contributed by atoms with Crippen LogP contribution in [0.5, 0.6) is 11.5 Å². The normalized spacial score (nSPS) is 10.4. The van der Waals surface area contributed by atoms with Crippen LogP contribution in [-0.4, -0.2) is 15.8 Å². The SMILES string of the molecule is O=C(CCc1ccc(Oc2cc([N+](=O)[O-])cc([N+](=O)[O-])c2)cc1)Nc1ccc(Cl)c(Cl)c1. The Morgan fingerprint density at radius 2 is 1.47 bits per heavy atom. The molecule has 0 saturated heterocycles. The number of amides is 1. The van der Waals surface area contributed by atoms with Gasteiger partial charge in [-0.15, -0.1) is 0 Å². The highest BCUT2D eigenvalue weighted by Crippen LogP contribution is 2.31. The van der Waals surface area contributed by atoms with E-state index in [9.17, 15) is 25.0 Å². The first-order valence-electron chi connectivity index (χ1n) is 9.17. The number of benzene rings is 3.